The third-order valence-corrected chi connectivity index (χ3v) is 5.62. The van der Waals surface area contributed by atoms with Crippen LogP contribution < -0.4 is 0 Å². The van der Waals surface area contributed by atoms with Gasteiger partial charge in [0.1, 0.15) is 11.4 Å². The van der Waals surface area contributed by atoms with Gasteiger partial charge in [-0.2, -0.15) is 5.10 Å². The molecule has 8 nitrogen and oxygen atoms in total. The van der Waals surface area contributed by atoms with Gasteiger partial charge in [-0.05, 0) is 25.2 Å². The molecule has 0 saturated carbocycles. The van der Waals surface area contributed by atoms with E-state index in [2.05, 4.69) is 5.10 Å². The molecule has 0 spiro atoms. The number of aromatic nitrogens is 2. The highest BCUT2D eigenvalue weighted by Gasteiger charge is 2.24. The topological polar surface area (TPSA) is 102 Å². The van der Waals surface area contributed by atoms with E-state index in [0.717, 1.165) is 37.2 Å². The highest BCUT2D eigenvalue weighted by Crippen LogP contribution is 2.20. The molecule has 0 atom stereocenters. The molecule has 2 heterocycles. The Kier molecular flexibility index (Phi) is 5.54. The van der Waals surface area contributed by atoms with Gasteiger partial charge in [0.15, 0.2) is 0 Å². The van der Waals surface area contributed by atoms with Crippen LogP contribution in [0, 0.1) is 5.92 Å². The van der Waals surface area contributed by atoms with E-state index in [9.17, 15) is 13.2 Å². The molecular formula is C13H21N3O5S. The first-order chi connectivity index (χ1) is 10.4. The fraction of sp³-hybridized carbons (Fsp3) is 0.692. The molecule has 1 aliphatic rings. The molecule has 0 aromatic carbocycles. The van der Waals surface area contributed by atoms with E-state index in [1.807, 2.05) is 0 Å². The largest absolute Gasteiger partial charge is 0.480 e. The summed E-state index contributed by atoms with van der Waals surface area (Å²) in [7, 11) is -2.10. The zero-order valence-corrected chi connectivity index (χ0v) is 13.3. The van der Waals surface area contributed by atoms with Gasteiger partial charge in [-0.3, -0.25) is 9.48 Å². The Morgan fingerprint density at radius 2 is 2.18 bits per heavy atom. The lowest BCUT2D eigenvalue weighted by Gasteiger charge is -2.24. The summed E-state index contributed by atoms with van der Waals surface area (Å²) in [5.41, 5.74) is 0. The van der Waals surface area contributed by atoms with Crippen LogP contribution in [0.1, 0.15) is 19.3 Å². The first-order valence-electron chi connectivity index (χ1n) is 7.18. The Morgan fingerprint density at radius 3 is 2.82 bits per heavy atom. The summed E-state index contributed by atoms with van der Waals surface area (Å²) < 4.78 is 32.5. The maximum atomic E-state index is 12.4. The monoisotopic (exact) mass is 331 g/mol. The van der Waals surface area contributed by atoms with Crippen molar-refractivity contribution >= 4 is 16.0 Å². The summed E-state index contributed by atoms with van der Waals surface area (Å²) in [4.78, 5) is 10.6. The lowest BCUT2D eigenvalue weighted by molar-refractivity contribution is -0.137. The molecule has 1 N–H and O–H groups in total. The Labute approximate surface area is 129 Å². The van der Waals surface area contributed by atoms with Crippen molar-refractivity contribution in [2.24, 2.45) is 5.92 Å². The molecule has 0 unspecified atom stereocenters. The van der Waals surface area contributed by atoms with Gasteiger partial charge >= 0.3 is 5.97 Å². The molecule has 9 heteroatoms. The number of carboxylic acids is 1. The average Bonchev–Trinajstić information content (AvgIpc) is 2.94. The maximum absolute atomic E-state index is 12.4. The predicted octanol–water partition coefficient (Wildman–Crippen LogP) is 0.405. The highest BCUT2D eigenvalue weighted by atomic mass is 32.2. The first-order valence-corrected chi connectivity index (χ1v) is 8.62. The number of carboxylic acid groups (broad SMARTS) is 1. The van der Waals surface area contributed by atoms with Crippen molar-refractivity contribution in [2.45, 2.75) is 30.7 Å². The molecule has 22 heavy (non-hydrogen) atoms. The normalized spacial score (nSPS) is 17.0. The minimum absolute atomic E-state index is 0.0169. The smallest absolute Gasteiger partial charge is 0.325 e. The molecule has 0 radical (unpaired) electrons. The zero-order valence-electron chi connectivity index (χ0n) is 12.5. The zero-order chi connectivity index (χ0) is 16.2. The molecular weight excluding hydrogens is 310 g/mol. The number of sulfonamides is 1. The van der Waals surface area contributed by atoms with Crippen LogP contribution in [0.25, 0.3) is 0 Å². The quantitative estimate of drug-likeness (QED) is 0.776. The van der Waals surface area contributed by atoms with Crippen LogP contribution in [0.3, 0.4) is 0 Å². The number of hydrogen-bond acceptors (Lipinski definition) is 5. The van der Waals surface area contributed by atoms with E-state index in [4.69, 9.17) is 9.84 Å². The fourth-order valence-corrected chi connectivity index (χ4v) is 3.54. The second-order valence-electron chi connectivity index (χ2n) is 5.44. The predicted molar refractivity (Wildman–Crippen MR) is 77.8 cm³/mol. The Bertz CT molecular complexity index is 607. The van der Waals surface area contributed by atoms with Crippen molar-refractivity contribution in [1.29, 1.82) is 0 Å². The van der Waals surface area contributed by atoms with Crippen molar-refractivity contribution in [1.82, 2.24) is 14.1 Å². The van der Waals surface area contributed by atoms with Gasteiger partial charge in [0.25, 0.3) is 0 Å². The van der Waals surface area contributed by atoms with Crippen LogP contribution >= 0.6 is 0 Å². The molecule has 1 aliphatic heterocycles. The maximum Gasteiger partial charge on any atom is 0.325 e. The summed E-state index contributed by atoms with van der Waals surface area (Å²) in [6.07, 6.45) is 5.15. The summed E-state index contributed by atoms with van der Waals surface area (Å²) in [6, 6.07) is 0. The number of aliphatic carboxylic acids is 1. The molecule has 124 valence electrons. The molecule has 1 aromatic heterocycles. The van der Waals surface area contributed by atoms with Crippen molar-refractivity contribution in [3.05, 3.63) is 12.4 Å². The van der Waals surface area contributed by atoms with Gasteiger partial charge < -0.3 is 9.84 Å². The van der Waals surface area contributed by atoms with Gasteiger partial charge in [-0.25, -0.2) is 12.7 Å². The number of carbonyl (C=O) groups is 1. The van der Waals surface area contributed by atoms with E-state index >= 15 is 0 Å². The third-order valence-electron chi connectivity index (χ3n) is 3.81. The second kappa shape index (κ2) is 7.21. The first kappa shape index (κ1) is 16.9. The Hall–Kier alpha value is -1.45. The molecule has 1 fully saturated rings. The highest BCUT2D eigenvalue weighted by molar-refractivity contribution is 7.89. The van der Waals surface area contributed by atoms with Crippen molar-refractivity contribution < 1.29 is 23.1 Å². The van der Waals surface area contributed by atoms with Crippen LogP contribution in [-0.2, 0) is 26.1 Å². The summed E-state index contributed by atoms with van der Waals surface area (Å²) in [6.45, 7) is 1.55. The average molecular weight is 331 g/mol. The number of nitrogens with zero attached hydrogens (tertiary/aromatic N) is 3. The minimum Gasteiger partial charge on any atom is -0.480 e. The lowest BCUT2D eigenvalue weighted by Crippen LogP contribution is -2.30. The van der Waals surface area contributed by atoms with Crippen LogP contribution in [0.15, 0.2) is 17.3 Å². The van der Waals surface area contributed by atoms with Crippen LogP contribution in [0.2, 0.25) is 0 Å². The van der Waals surface area contributed by atoms with Crippen molar-refractivity contribution in [3.8, 4) is 0 Å². The van der Waals surface area contributed by atoms with E-state index < -0.39 is 16.0 Å². The summed E-state index contributed by atoms with van der Waals surface area (Å²) in [5.74, 6) is -0.582. The van der Waals surface area contributed by atoms with Gasteiger partial charge in [-0.1, -0.05) is 0 Å². The van der Waals surface area contributed by atoms with E-state index in [0.29, 0.717) is 12.5 Å². The summed E-state index contributed by atoms with van der Waals surface area (Å²) in [5, 5.41) is 12.5. The molecule has 1 aromatic rings. The summed E-state index contributed by atoms with van der Waals surface area (Å²) >= 11 is 0. The second-order valence-corrected chi connectivity index (χ2v) is 7.48. The third kappa shape index (κ3) is 4.28. The standard InChI is InChI=1S/C13H21N3O5S/c1-15(5-2-11-3-6-21-7-4-11)22(19,20)12-8-14-16(9-12)10-13(17)18/h8-9,11H,2-7,10H2,1H3,(H,17,18). The number of ether oxygens (including phenoxy) is 1. The minimum atomic E-state index is -3.63. The van der Waals surface area contributed by atoms with E-state index in [1.165, 1.54) is 23.7 Å². The number of rotatable bonds is 7. The molecule has 0 aliphatic carbocycles. The van der Waals surface area contributed by atoms with Gasteiger partial charge in [-0.15, -0.1) is 0 Å². The van der Waals surface area contributed by atoms with E-state index in [-0.39, 0.29) is 11.4 Å². The van der Waals surface area contributed by atoms with Gasteiger partial charge in [0, 0.05) is 33.0 Å². The molecule has 0 bridgehead atoms. The molecule has 1 saturated heterocycles. The van der Waals surface area contributed by atoms with Gasteiger partial charge in [0.05, 0.1) is 6.20 Å². The van der Waals surface area contributed by atoms with Gasteiger partial charge in [0.2, 0.25) is 10.0 Å². The van der Waals surface area contributed by atoms with Crippen LogP contribution in [0.4, 0.5) is 0 Å². The Balaban J connectivity index is 1.95. The van der Waals surface area contributed by atoms with Crippen molar-refractivity contribution in [3.63, 3.8) is 0 Å². The fourth-order valence-electron chi connectivity index (χ4n) is 2.40. The number of hydrogen-bond donors (Lipinski definition) is 1. The van der Waals surface area contributed by atoms with E-state index in [1.54, 1.807) is 0 Å². The van der Waals surface area contributed by atoms with Crippen molar-refractivity contribution in [2.75, 3.05) is 26.8 Å². The van der Waals surface area contributed by atoms with Crippen LogP contribution in [0.5, 0.6) is 0 Å². The molecule has 0 amide bonds. The SMILES string of the molecule is CN(CCC1CCOCC1)S(=O)(=O)c1cnn(CC(=O)O)c1. The molecule has 2 rings (SSSR count). The van der Waals surface area contributed by atoms with Crippen LogP contribution in [-0.4, -0.2) is 60.4 Å². The Morgan fingerprint density at radius 1 is 1.50 bits per heavy atom. The lowest BCUT2D eigenvalue weighted by atomic mass is 9.97.